The van der Waals surface area contributed by atoms with Crippen LogP contribution in [0.1, 0.15) is 50.0 Å². The average Bonchev–Trinajstić information content (AvgIpc) is 2.33. The number of aryl methyl sites for hydroxylation is 2. The van der Waals surface area contributed by atoms with Crippen LogP contribution in [0.25, 0.3) is 0 Å². The van der Waals surface area contributed by atoms with Gasteiger partial charge in [-0.25, -0.2) is 9.97 Å². The molecule has 1 aromatic heterocycles. The summed E-state index contributed by atoms with van der Waals surface area (Å²) in [5.74, 6) is 0.968. The van der Waals surface area contributed by atoms with Crippen molar-refractivity contribution in [3.05, 3.63) is 22.8 Å². The Morgan fingerprint density at radius 3 is 2.05 bits per heavy atom. The Labute approximate surface area is 130 Å². The summed E-state index contributed by atoms with van der Waals surface area (Å²) in [6, 6.07) is 0. The first-order chi connectivity index (χ1) is 9.69. The van der Waals surface area contributed by atoms with Gasteiger partial charge in [-0.2, -0.15) is 0 Å². The van der Waals surface area contributed by atoms with Crippen molar-refractivity contribution in [2.75, 3.05) is 27.2 Å². The third kappa shape index (κ3) is 7.00. The van der Waals surface area contributed by atoms with Crippen molar-refractivity contribution in [1.82, 2.24) is 20.2 Å². The lowest BCUT2D eigenvalue weighted by molar-refractivity contribution is 0.409. The van der Waals surface area contributed by atoms with Crippen LogP contribution in [0, 0.1) is 13.8 Å². The second kappa shape index (κ2) is 7.85. The molecule has 1 heterocycles. The van der Waals surface area contributed by atoms with Gasteiger partial charge < -0.3 is 10.2 Å². The summed E-state index contributed by atoms with van der Waals surface area (Å²) in [5.41, 5.74) is 3.80. The molecule has 0 bridgehead atoms. The molecule has 120 valence electrons. The number of rotatable bonds is 7. The molecule has 0 fully saturated rings. The number of nitrogens with one attached hydrogen (secondary N) is 1. The predicted octanol–water partition coefficient (Wildman–Crippen LogP) is 2.52. The molecule has 1 N–H and O–H groups in total. The van der Waals surface area contributed by atoms with Gasteiger partial charge >= 0.3 is 0 Å². The van der Waals surface area contributed by atoms with Gasteiger partial charge in [0.2, 0.25) is 0 Å². The molecule has 0 unspecified atom stereocenters. The van der Waals surface area contributed by atoms with Gasteiger partial charge in [0.1, 0.15) is 5.82 Å². The lowest BCUT2D eigenvalue weighted by Gasteiger charge is -2.20. The van der Waals surface area contributed by atoms with Crippen LogP contribution < -0.4 is 5.32 Å². The first kappa shape index (κ1) is 18.1. The molecule has 1 rings (SSSR count). The highest BCUT2D eigenvalue weighted by Crippen LogP contribution is 2.13. The highest BCUT2D eigenvalue weighted by Gasteiger charge is 2.11. The molecular weight excluding hydrogens is 260 g/mol. The molecule has 0 atom stereocenters. The molecule has 0 aliphatic heterocycles. The Balaban J connectivity index is 2.59. The van der Waals surface area contributed by atoms with E-state index >= 15 is 0 Å². The molecule has 0 radical (unpaired) electrons. The monoisotopic (exact) mass is 292 g/mol. The summed E-state index contributed by atoms with van der Waals surface area (Å²) in [6.07, 6.45) is 3.09. The Morgan fingerprint density at radius 2 is 1.57 bits per heavy atom. The van der Waals surface area contributed by atoms with Crippen LogP contribution in [-0.4, -0.2) is 47.6 Å². The van der Waals surface area contributed by atoms with Gasteiger partial charge in [0.05, 0.1) is 0 Å². The molecule has 0 aliphatic rings. The molecule has 21 heavy (non-hydrogen) atoms. The minimum atomic E-state index is 0.191. The number of hydrogen-bond acceptors (Lipinski definition) is 4. The van der Waals surface area contributed by atoms with E-state index in [0.29, 0.717) is 0 Å². The Kier molecular flexibility index (Phi) is 6.75. The van der Waals surface area contributed by atoms with Gasteiger partial charge in [-0.1, -0.05) is 0 Å². The van der Waals surface area contributed by atoms with Crippen LogP contribution in [0.4, 0.5) is 0 Å². The van der Waals surface area contributed by atoms with E-state index in [0.717, 1.165) is 49.6 Å². The highest BCUT2D eigenvalue weighted by molar-refractivity contribution is 5.24. The maximum Gasteiger partial charge on any atom is 0.130 e. The Hall–Kier alpha value is -1.00. The lowest BCUT2D eigenvalue weighted by Crippen LogP contribution is -2.36. The van der Waals surface area contributed by atoms with Crippen LogP contribution in [0.5, 0.6) is 0 Å². The molecule has 4 nitrogen and oxygen atoms in total. The van der Waals surface area contributed by atoms with Gasteiger partial charge in [0.15, 0.2) is 0 Å². The van der Waals surface area contributed by atoms with Crippen molar-refractivity contribution in [3.63, 3.8) is 0 Å². The predicted molar refractivity (Wildman–Crippen MR) is 89.8 cm³/mol. The number of nitrogens with zero attached hydrogens (tertiary/aromatic N) is 3. The van der Waals surface area contributed by atoms with Crippen LogP contribution in [0.2, 0.25) is 0 Å². The van der Waals surface area contributed by atoms with Crippen molar-refractivity contribution in [1.29, 1.82) is 0 Å². The fourth-order valence-corrected chi connectivity index (χ4v) is 2.33. The van der Waals surface area contributed by atoms with Crippen molar-refractivity contribution in [2.45, 2.75) is 59.4 Å². The van der Waals surface area contributed by atoms with Crippen LogP contribution in [0.15, 0.2) is 0 Å². The third-order valence-electron chi connectivity index (χ3n) is 3.51. The lowest BCUT2D eigenvalue weighted by atomic mass is 10.0. The quantitative estimate of drug-likeness (QED) is 0.784. The fourth-order valence-electron chi connectivity index (χ4n) is 2.33. The normalized spacial score (nSPS) is 12.2. The van der Waals surface area contributed by atoms with E-state index in [2.05, 4.69) is 68.9 Å². The number of hydrogen-bond donors (Lipinski definition) is 1. The molecular formula is C17H32N4. The smallest absolute Gasteiger partial charge is 0.130 e. The van der Waals surface area contributed by atoms with Crippen molar-refractivity contribution in [3.8, 4) is 0 Å². The van der Waals surface area contributed by atoms with E-state index in [-0.39, 0.29) is 5.54 Å². The summed E-state index contributed by atoms with van der Waals surface area (Å²) in [6.45, 7) is 12.9. The first-order valence-corrected chi connectivity index (χ1v) is 7.92. The Morgan fingerprint density at radius 1 is 1.00 bits per heavy atom. The van der Waals surface area contributed by atoms with Crippen LogP contribution >= 0.6 is 0 Å². The van der Waals surface area contributed by atoms with E-state index in [1.165, 1.54) is 5.56 Å². The van der Waals surface area contributed by atoms with E-state index in [9.17, 15) is 0 Å². The fraction of sp³-hybridized carbons (Fsp3) is 0.765. The van der Waals surface area contributed by atoms with Crippen molar-refractivity contribution >= 4 is 0 Å². The van der Waals surface area contributed by atoms with E-state index in [1.807, 2.05) is 0 Å². The van der Waals surface area contributed by atoms with Crippen LogP contribution in [0.3, 0.4) is 0 Å². The molecule has 0 aliphatic carbocycles. The number of aromatic nitrogens is 2. The van der Waals surface area contributed by atoms with Crippen molar-refractivity contribution in [2.24, 2.45) is 0 Å². The SMILES string of the molecule is Cc1nc(CCN(C)C)nc(C)c1CCCNC(C)(C)C. The van der Waals surface area contributed by atoms with E-state index < -0.39 is 0 Å². The second-order valence-electron chi connectivity index (χ2n) is 7.12. The summed E-state index contributed by atoms with van der Waals surface area (Å²) in [7, 11) is 4.16. The molecule has 0 spiro atoms. The van der Waals surface area contributed by atoms with Gasteiger partial charge in [-0.3, -0.25) is 0 Å². The molecule has 4 heteroatoms. The zero-order chi connectivity index (χ0) is 16.0. The standard InChI is InChI=1S/C17H32N4/c1-13-15(9-8-11-18-17(3,4)5)14(2)20-16(19-13)10-12-21(6)7/h18H,8-12H2,1-7H3. The second-order valence-corrected chi connectivity index (χ2v) is 7.12. The van der Waals surface area contributed by atoms with Gasteiger partial charge in [-0.05, 0) is 73.7 Å². The van der Waals surface area contributed by atoms with Crippen molar-refractivity contribution < 1.29 is 0 Å². The molecule has 0 aromatic carbocycles. The topological polar surface area (TPSA) is 41.1 Å². The Bertz CT molecular complexity index is 424. The third-order valence-corrected chi connectivity index (χ3v) is 3.51. The number of likely N-dealkylation sites (N-methyl/N-ethyl adjacent to an activating group) is 1. The summed E-state index contributed by atoms with van der Waals surface area (Å²) < 4.78 is 0. The van der Waals surface area contributed by atoms with Gasteiger partial charge in [0.25, 0.3) is 0 Å². The molecule has 0 saturated carbocycles. The van der Waals surface area contributed by atoms with Crippen LogP contribution in [-0.2, 0) is 12.8 Å². The average molecular weight is 292 g/mol. The highest BCUT2D eigenvalue weighted by atomic mass is 15.1. The minimum Gasteiger partial charge on any atom is -0.312 e. The maximum absolute atomic E-state index is 4.68. The largest absolute Gasteiger partial charge is 0.312 e. The summed E-state index contributed by atoms with van der Waals surface area (Å²) in [5, 5.41) is 3.53. The molecule has 0 amide bonds. The minimum absolute atomic E-state index is 0.191. The zero-order valence-corrected chi connectivity index (χ0v) is 14.9. The first-order valence-electron chi connectivity index (χ1n) is 7.92. The maximum atomic E-state index is 4.68. The van der Waals surface area contributed by atoms with E-state index in [4.69, 9.17) is 0 Å². The summed E-state index contributed by atoms with van der Waals surface area (Å²) in [4.78, 5) is 11.5. The zero-order valence-electron chi connectivity index (χ0n) is 14.9. The summed E-state index contributed by atoms with van der Waals surface area (Å²) >= 11 is 0. The van der Waals surface area contributed by atoms with Gasteiger partial charge in [0, 0.05) is 29.9 Å². The van der Waals surface area contributed by atoms with E-state index in [1.54, 1.807) is 0 Å². The molecule has 0 saturated heterocycles. The molecule has 1 aromatic rings. The van der Waals surface area contributed by atoms with Gasteiger partial charge in [-0.15, -0.1) is 0 Å².